The van der Waals surface area contributed by atoms with E-state index in [-0.39, 0.29) is 12.3 Å². The van der Waals surface area contributed by atoms with Gasteiger partial charge in [-0.25, -0.2) is 9.59 Å². The summed E-state index contributed by atoms with van der Waals surface area (Å²) in [5, 5.41) is 10.8. The molecule has 1 radical (unpaired) electrons. The molecular weight excluding hydrogens is 374 g/mol. The topological polar surface area (TPSA) is 95.7 Å². The van der Waals surface area contributed by atoms with Crippen molar-refractivity contribution in [3.05, 3.63) is 112 Å². The van der Waals surface area contributed by atoms with Crippen LogP contribution in [0.15, 0.2) is 84.9 Å². The quantitative estimate of drug-likeness (QED) is 0.331. The van der Waals surface area contributed by atoms with E-state index in [9.17, 15) is 19.7 Å². The first-order valence-corrected chi connectivity index (χ1v) is 8.64. The highest BCUT2D eigenvalue weighted by atomic mass is 16.6. The van der Waals surface area contributed by atoms with E-state index in [1.807, 2.05) is 0 Å². The maximum atomic E-state index is 13.2. The van der Waals surface area contributed by atoms with Crippen LogP contribution >= 0.6 is 0 Å². The zero-order chi connectivity index (χ0) is 20.7. The molecule has 0 aromatic heterocycles. The zero-order valence-corrected chi connectivity index (χ0v) is 15.2. The lowest BCUT2D eigenvalue weighted by Crippen LogP contribution is -2.41. The number of hydrogen-bond acceptors (Lipinski definition) is 6. The molecular formula is C22H16NO6. The second-order valence-electron chi connectivity index (χ2n) is 6.10. The summed E-state index contributed by atoms with van der Waals surface area (Å²) in [5.41, 5.74) is -0.534. The average molecular weight is 390 g/mol. The van der Waals surface area contributed by atoms with Crippen LogP contribution in [-0.2, 0) is 31.3 Å². The van der Waals surface area contributed by atoms with Crippen molar-refractivity contribution in [2.45, 2.75) is 12.2 Å². The number of non-ortho nitro benzene ring substituents is 1. The van der Waals surface area contributed by atoms with E-state index in [1.54, 1.807) is 60.7 Å². The fourth-order valence-electron chi connectivity index (χ4n) is 2.93. The van der Waals surface area contributed by atoms with Gasteiger partial charge in [-0.05, 0) is 17.7 Å². The summed E-state index contributed by atoms with van der Waals surface area (Å²) >= 11 is 0. The number of nitro groups is 1. The fraction of sp³-hybridized carbons (Fsp3) is 0.0909. The highest BCUT2D eigenvalue weighted by Crippen LogP contribution is 2.35. The van der Waals surface area contributed by atoms with Crippen LogP contribution in [0.5, 0.6) is 0 Å². The van der Waals surface area contributed by atoms with Gasteiger partial charge in [0.15, 0.2) is 0 Å². The third-order valence-electron chi connectivity index (χ3n) is 4.36. The summed E-state index contributed by atoms with van der Waals surface area (Å²) in [6.45, 7) is 1.23. The molecule has 0 unspecified atom stereocenters. The van der Waals surface area contributed by atoms with Crippen LogP contribution in [0.2, 0.25) is 0 Å². The lowest BCUT2D eigenvalue weighted by molar-refractivity contribution is -0.384. The number of hydrogen-bond donors (Lipinski definition) is 0. The third kappa shape index (κ3) is 4.14. The Morgan fingerprint density at radius 2 is 1.41 bits per heavy atom. The summed E-state index contributed by atoms with van der Waals surface area (Å²) in [7, 11) is 0. The molecule has 0 saturated carbocycles. The van der Waals surface area contributed by atoms with E-state index < -0.39 is 16.5 Å². The molecule has 3 aromatic rings. The highest BCUT2D eigenvalue weighted by Gasteiger charge is 2.46. The number of carbonyl (C=O) groups is 1. The number of nitrogens with zero attached hydrogens (tertiary/aromatic N) is 1. The third-order valence-corrected chi connectivity index (χ3v) is 4.36. The van der Waals surface area contributed by atoms with Gasteiger partial charge in [0.2, 0.25) is 0 Å². The predicted octanol–water partition coefficient (Wildman–Crippen LogP) is 3.67. The lowest BCUT2D eigenvalue weighted by Gasteiger charge is -2.30. The van der Waals surface area contributed by atoms with Crippen molar-refractivity contribution in [2.75, 3.05) is 0 Å². The Labute approximate surface area is 166 Å². The molecule has 0 N–H and O–H groups in total. The fourth-order valence-corrected chi connectivity index (χ4v) is 2.93. The van der Waals surface area contributed by atoms with Gasteiger partial charge in [0.25, 0.3) is 11.3 Å². The Bertz CT molecular complexity index is 947. The maximum Gasteiger partial charge on any atom is 0.419 e. The van der Waals surface area contributed by atoms with Crippen LogP contribution < -0.4 is 0 Å². The van der Waals surface area contributed by atoms with Gasteiger partial charge in [-0.15, -0.1) is 0 Å². The molecule has 3 rings (SSSR count). The van der Waals surface area contributed by atoms with Crippen LogP contribution in [0.4, 0.5) is 5.69 Å². The van der Waals surface area contributed by atoms with Crippen molar-refractivity contribution in [2.24, 2.45) is 0 Å². The van der Waals surface area contributed by atoms with E-state index in [1.165, 1.54) is 30.7 Å². The first kappa shape index (κ1) is 19.8. The molecule has 0 amide bonds. The molecule has 0 bridgehead atoms. The smallest absolute Gasteiger partial charge is 0.419 e. The first-order chi connectivity index (χ1) is 14.1. The van der Waals surface area contributed by atoms with Gasteiger partial charge in [-0.1, -0.05) is 60.7 Å². The minimum absolute atomic E-state index is 0.0677. The molecule has 29 heavy (non-hydrogen) atoms. The van der Waals surface area contributed by atoms with Crippen molar-refractivity contribution in [1.29, 1.82) is 0 Å². The van der Waals surface area contributed by atoms with Crippen molar-refractivity contribution < 1.29 is 24.0 Å². The molecule has 0 fully saturated rings. The molecule has 0 heterocycles. The minimum atomic E-state index is -1.83. The number of carbonyl (C=O) groups excluding carboxylic acids is 2. The van der Waals surface area contributed by atoms with Crippen LogP contribution in [0.1, 0.15) is 16.7 Å². The van der Waals surface area contributed by atoms with E-state index in [4.69, 9.17) is 9.47 Å². The number of nitro benzene ring substituents is 1. The summed E-state index contributed by atoms with van der Waals surface area (Å²) in [5.74, 6) is -0.809. The van der Waals surface area contributed by atoms with Crippen molar-refractivity contribution in [3.63, 3.8) is 0 Å². The Balaban J connectivity index is 1.94. The van der Waals surface area contributed by atoms with E-state index in [0.717, 1.165) is 0 Å². The standard InChI is InChI=1S/C22H16NO6/c24-16-29-22(18-7-3-1-4-8-18,19-9-5-2-6-10-19)21(25)28-15-17-11-13-20(14-12-17)23(26)27/h1-14H,15H2. The number of rotatable bonds is 8. The van der Waals surface area contributed by atoms with Crippen molar-refractivity contribution in [3.8, 4) is 0 Å². The molecule has 0 aliphatic heterocycles. The molecule has 7 heteroatoms. The molecule has 0 spiro atoms. The summed E-state index contributed by atoms with van der Waals surface area (Å²) in [4.78, 5) is 34.6. The molecule has 7 nitrogen and oxygen atoms in total. The van der Waals surface area contributed by atoms with E-state index >= 15 is 0 Å². The first-order valence-electron chi connectivity index (χ1n) is 8.64. The van der Waals surface area contributed by atoms with E-state index in [0.29, 0.717) is 16.7 Å². The van der Waals surface area contributed by atoms with Gasteiger partial charge in [0.05, 0.1) is 4.92 Å². The van der Waals surface area contributed by atoms with Crippen LogP contribution in [0, 0.1) is 10.1 Å². The van der Waals surface area contributed by atoms with Gasteiger partial charge in [-0.3, -0.25) is 10.1 Å². The van der Waals surface area contributed by atoms with Crippen LogP contribution in [0.25, 0.3) is 0 Å². The summed E-state index contributed by atoms with van der Waals surface area (Å²) in [6, 6.07) is 22.6. The average Bonchev–Trinajstić information content (AvgIpc) is 2.77. The monoisotopic (exact) mass is 390 g/mol. The second-order valence-corrected chi connectivity index (χ2v) is 6.10. The zero-order valence-electron chi connectivity index (χ0n) is 15.2. The van der Waals surface area contributed by atoms with Gasteiger partial charge in [-0.2, -0.15) is 0 Å². The van der Waals surface area contributed by atoms with Gasteiger partial charge < -0.3 is 9.47 Å². The van der Waals surface area contributed by atoms with Gasteiger partial charge >= 0.3 is 12.4 Å². The molecule has 145 valence electrons. The molecule has 0 saturated heterocycles. The van der Waals surface area contributed by atoms with Gasteiger partial charge in [0, 0.05) is 23.3 Å². The Morgan fingerprint density at radius 1 is 0.897 bits per heavy atom. The minimum Gasteiger partial charge on any atom is -0.457 e. The highest BCUT2D eigenvalue weighted by molar-refractivity contribution is 5.87. The van der Waals surface area contributed by atoms with Crippen molar-refractivity contribution >= 4 is 18.1 Å². The van der Waals surface area contributed by atoms with E-state index in [2.05, 4.69) is 0 Å². The predicted molar refractivity (Wildman–Crippen MR) is 103 cm³/mol. The molecule has 0 aliphatic rings. The normalized spacial score (nSPS) is 10.8. The Kier molecular flexibility index (Phi) is 5.99. The summed E-state index contributed by atoms with van der Waals surface area (Å²) in [6.07, 6.45) is 0. The van der Waals surface area contributed by atoms with Gasteiger partial charge in [0.1, 0.15) is 6.61 Å². The number of benzene rings is 3. The maximum absolute atomic E-state index is 13.2. The number of ether oxygens (including phenoxy) is 2. The Hall–Kier alpha value is -4.00. The SMILES string of the molecule is O=[C]OC(C(=O)OCc1ccc([N+](=O)[O-])cc1)(c1ccccc1)c1ccccc1. The Morgan fingerprint density at radius 3 is 1.86 bits per heavy atom. The molecule has 3 aromatic carbocycles. The second kappa shape index (κ2) is 8.79. The lowest BCUT2D eigenvalue weighted by atomic mass is 9.86. The molecule has 0 aliphatic carbocycles. The number of esters is 1. The van der Waals surface area contributed by atoms with Crippen molar-refractivity contribution in [1.82, 2.24) is 0 Å². The van der Waals surface area contributed by atoms with Crippen LogP contribution in [0.3, 0.4) is 0 Å². The largest absolute Gasteiger partial charge is 0.457 e. The molecule has 0 atom stereocenters. The summed E-state index contributed by atoms with van der Waals surface area (Å²) < 4.78 is 10.7. The van der Waals surface area contributed by atoms with Crippen LogP contribution in [-0.4, -0.2) is 17.4 Å².